The summed E-state index contributed by atoms with van der Waals surface area (Å²) in [6.45, 7) is 1.88. The summed E-state index contributed by atoms with van der Waals surface area (Å²) in [7, 11) is 3.36. The number of amides is 1. The van der Waals surface area contributed by atoms with Crippen molar-refractivity contribution in [3.63, 3.8) is 0 Å². The zero-order valence-corrected chi connectivity index (χ0v) is 12.4. The number of nitrogen functional groups attached to an aromatic ring is 1. The van der Waals surface area contributed by atoms with Crippen molar-refractivity contribution < 1.29 is 9.53 Å². The predicted octanol–water partition coefficient (Wildman–Crippen LogP) is 2.57. The molecular formula is C16H19N3O2. The summed E-state index contributed by atoms with van der Waals surface area (Å²) >= 11 is 0. The average Bonchev–Trinajstić information content (AvgIpc) is 2.53. The van der Waals surface area contributed by atoms with Gasteiger partial charge < -0.3 is 15.1 Å². The standard InChI is InChI=1S/C16H19N3O2/c1-11-10-12(18-17)4-9-15(11)16(20)19(2)13-5-7-14(21-3)8-6-13/h4-10,18H,17H2,1-3H3. The third-order valence-corrected chi connectivity index (χ3v) is 3.39. The Labute approximate surface area is 124 Å². The Balaban J connectivity index is 2.25. The van der Waals surface area contributed by atoms with Gasteiger partial charge in [-0.05, 0) is 55.0 Å². The van der Waals surface area contributed by atoms with Crippen molar-refractivity contribution in [2.45, 2.75) is 6.92 Å². The molecule has 0 saturated carbocycles. The van der Waals surface area contributed by atoms with E-state index >= 15 is 0 Å². The van der Waals surface area contributed by atoms with Gasteiger partial charge in [0.2, 0.25) is 0 Å². The molecule has 21 heavy (non-hydrogen) atoms. The summed E-state index contributed by atoms with van der Waals surface area (Å²) in [5, 5.41) is 0. The molecule has 110 valence electrons. The number of rotatable bonds is 4. The van der Waals surface area contributed by atoms with Crippen LogP contribution in [0.15, 0.2) is 42.5 Å². The van der Waals surface area contributed by atoms with Crippen molar-refractivity contribution >= 4 is 17.3 Å². The molecule has 0 spiro atoms. The number of carbonyl (C=O) groups excluding carboxylic acids is 1. The van der Waals surface area contributed by atoms with Gasteiger partial charge in [0, 0.05) is 24.0 Å². The van der Waals surface area contributed by atoms with E-state index in [0.717, 1.165) is 22.7 Å². The van der Waals surface area contributed by atoms with Gasteiger partial charge in [-0.1, -0.05) is 0 Å². The molecule has 0 aliphatic heterocycles. The minimum absolute atomic E-state index is 0.0683. The molecular weight excluding hydrogens is 266 g/mol. The van der Waals surface area contributed by atoms with Crippen LogP contribution < -0.4 is 20.9 Å². The Morgan fingerprint density at radius 3 is 2.38 bits per heavy atom. The van der Waals surface area contributed by atoms with Crippen LogP contribution in [0.2, 0.25) is 0 Å². The van der Waals surface area contributed by atoms with Crippen LogP contribution in [0.4, 0.5) is 11.4 Å². The van der Waals surface area contributed by atoms with E-state index in [1.54, 1.807) is 31.2 Å². The van der Waals surface area contributed by atoms with Gasteiger partial charge in [0.25, 0.3) is 5.91 Å². The van der Waals surface area contributed by atoms with Crippen molar-refractivity contribution in [2.24, 2.45) is 5.84 Å². The van der Waals surface area contributed by atoms with E-state index in [1.165, 1.54) is 0 Å². The van der Waals surface area contributed by atoms with Crippen molar-refractivity contribution in [2.75, 3.05) is 24.5 Å². The molecule has 5 heteroatoms. The molecule has 2 aromatic carbocycles. The highest BCUT2D eigenvalue weighted by atomic mass is 16.5. The number of carbonyl (C=O) groups is 1. The smallest absolute Gasteiger partial charge is 0.258 e. The first-order chi connectivity index (χ1) is 10.1. The number of hydrogen-bond acceptors (Lipinski definition) is 4. The molecule has 0 atom stereocenters. The Morgan fingerprint density at radius 1 is 1.19 bits per heavy atom. The SMILES string of the molecule is COc1ccc(N(C)C(=O)c2ccc(NN)cc2C)cc1. The highest BCUT2D eigenvalue weighted by Crippen LogP contribution is 2.22. The Morgan fingerprint density at radius 2 is 1.86 bits per heavy atom. The van der Waals surface area contributed by atoms with Gasteiger partial charge in [-0.3, -0.25) is 10.6 Å². The van der Waals surface area contributed by atoms with E-state index in [4.69, 9.17) is 10.6 Å². The number of aryl methyl sites for hydroxylation is 1. The summed E-state index contributed by atoms with van der Waals surface area (Å²) in [4.78, 5) is 14.2. The van der Waals surface area contributed by atoms with Gasteiger partial charge >= 0.3 is 0 Å². The normalized spacial score (nSPS) is 10.1. The maximum Gasteiger partial charge on any atom is 0.258 e. The molecule has 2 aromatic rings. The summed E-state index contributed by atoms with van der Waals surface area (Å²) in [5.41, 5.74) is 5.67. The van der Waals surface area contributed by atoms with Gasteiger partial charge in [0.15, 0.2) is 0 Å². The molecule has 0 radical (unpaired) electrons. The minimum atomic E-state index is -0.0683. The quantitative estimate of drug-likeness (QED) is 0.669. The zero-order valence-electron chi connectivity index (χ0n) is 12.4. The number of methoxy groups -OCH3 is 1. The second-order valence-corrected chi connectivity index (χ2v) is 4.74. The molecule has 3 N–H and O–H groups in total. The summed E-state index contributed by atoms with van der Waals surface area (Å²) in [6.07, 6.45) is 0. The van der Waals surface area contributed by atoms with Crippen LogP contribution in [-0.4, -0.2) is 20.1 Å². The van der Waals surface area contributed by atoms with E-state index in [0.29, 0.717) is 5.56 Å². The lowest BCUT2D eigenvalue weighted by atomic mass is 10.1. The lowest BCUT2D eigenvalue weighted by molar-refractivity contribution is 0.0992. The highest BCUT2D eigenvalue weighted by Gasteiger charge is 2.15. The van der Waals surface area contributed by atoms with Gasteiger partial charge in [-0.15, -0.1) is 0 Å². The first-order valence-electron chi connectivity index (χ1n) is 6.56. The van der Waals surface area contributed by atoms with Crippen LogP contribution >= 0.6 is 0 Å². The van der Waals surface area contributed by atoms with Gasteiger partial charge in [0.1, 0.15) is 5.75 Å². The van der Waals surface area contributed by atoms with E-state index in [9.17, 15) is 4.79 Å². The van der Waals surface area contributed by atoms with Crippen molar-refractivity contribution in [1.29, 1.82) is 0 Å². The van der Waals surface area contributed by atoms with E-state index < -0.39 is 0 Å². The molecule has 0 saturated heterocycles. The molecule has 2 rings (SSSR count). The maximum absolute atomic E-state index is 12.6. The molecule has 0 fully saturated rings. The van der Waals surface area contributed by atoms with Crippen LogP contribution in [0, 0.1) is 6.92 Å². The number of benzene rings is 2. The largest absolute Gasteiger partial charge is 0.497 e. The zero-order chi connectivity index (χ0) is 15.4. The number of nitrogens with one attached hydrogen (secondary N) is 1. The number of ether oxygens (including phenoxy) is 1. The Bertz CT molecular complexity index is 638. The molecule has 0 aromatic heterocycles. The van der Waals surface area contributed by atoms with Crippen LogP contribution in [0.5, 0.6) is 5.75 Å². The number of anilines is 2. The number of hydrogen-bond donors (Lipinski definition) is 2. The van der Waals surface area contributed by atoms with Crippen molar-refractivity contribution in [3.8, 4) is 5.75 Å². The number of nitrogens with zero attached hydrogens (tertiary/aromatic N) is 1. The van der Waals surface area contributed by atoms with Crippen molar-refractivity contribution in [3.05, 3.63) is 53.6 Å². The lowest BCUT2D eigenvalue weighted by Crippen LogP contribution is -2.27. The minimum Gasteiger partial charge on any atom is -0.497 e. The summed E-state index contributed by atoms with van der Waals surface area (Å²) < 4.78 is 5.12. The van der Waals surface area contributed by atoms with E-state index in [2.05, 4.69) is 5.43 Å². The molecule has 0 bridgehead atoms. The van der Waals surface area contributed by atoms with Crippen LogP contribution in [0.3, 0.4) is 0 Å². The fourth-order valence-corrected chi connectivity index (χ4v) is 2.10. The second kappa shape index (κ2) is 6.28. The van der Waals surface area contributed by atoms with E-state index in [-0.39, 0.29) is 5.91 Å². The third-order valence-electron chi connectivity index (χ3n) is 3.39. The topological polar surface area (TPSA) is 67.6 Å². The Kier molecular flexibility index (Phi) is 4.45. The molecule has 1 amide bonds. The molecule has 0 heterocycles. The molecule has 5 nitrogen and oxygen atoms in total. The summed E-state index contributed by atoms with van der Waals surface area (Å²) in [5.74, 6) is 6.06. The lowest BCUT2D eigenvalue weighted by Gasteiger charge is -2.19. The van der Waals surface area contributed by atoms with Crippen LogP contribution in [-0.2, 0) is 0 Å². The van der Waals surface area contributed by atoms with Gasteiger partial charge in [0.05, 0.1) is 7.11 Å². The first kappa shape index (κ1) is 14.9. The third kappa shape index (κ3) is 3.14. The highest BCUT2D eigenvalue weighted by molar-refractivity contribution is 6.06. The fourth-order valence-electron chi connectivity index (χ4n) is 2.10. The molecule has 0 unspecified atom stereocenters. The average molecular weight is 285 g/mol. The molecule has 0 aliphatic carbocycles. The first-order valence-corrected chi connectivity index (χ1v) is 6.56. The maximum atomic E-state index is 12.6. The monoisotopic (exact) mass is 285 g/mol. The van der Waals surface area contributed by atoms with Crippen LogP contribution in [0.1, 0.15) is 15.9 Å². The summed E-state index contributed by atoms with van der Waals surface area (Å²) in [6, 6.07) is 12.7. The number of hydrazine groups is 1. The predicted molar refractivity (Wildman–Crippen MR) is 84.7 cm³/mol. The Hall–Kier alpha value is -2.53. The second-order valence-electron chi connectivity index (χ2n) is 4.74. The fraction of sp³-hybridized carbons (Fsp3) is 0.188. The molecule has 0 aliphatic rings. The van der Waals surface area contributed by atoms with Crippen molar-refractivity contribution in [1.82, 2.24) is 0 Å². The van der Waals surface area contributed by atoms with Crippen LogP contribution in [0.25, 0.3) is 0 Å². The number of nitrogens with two attached hydrogens (primary N) is 1. The van der Waals surface area contributed by atoms with Gasteiger partial charge in [-0.2, -0.15) is 0 Å². The van der Waals surface area contributed by atoms with Gasteiger partial charge in [-0.25, -0.2) is 0 Å². The van der Waals surface area contributed by atoms with E-state index in [1.807, 2.05) is 37.3 Å².